The quantitative estimate of drug-likeness (QED) is 0.299. The Labute approximate surface area is 193 Å². The first kappa shape index (κ1) is 20.8. The fourth-order valence-electron chi connectivity index (χ4n) is 3.15. The molecule has 0 saturated carbocycles. The lowest BCUT2D eigenvalue weighted by molar-refractivity contribution is 0.102. The molecule has 0 bridgehead atoms. The van der Waals surface area contributed by atoms with Crippen LogP contribution in [0.15, 0.2) is 60.7 Å². The van der Waals surface area contributed by atoms with Crippen molar-refractivity contribution in [3.8, 4) is 5.69 Å². The van der Waals surface area contributed by atoms with E-state index in [1.54, 1.807) is 16.9 Å². The van der Waals surface area contributed by atoms with E-state index in [0.29, 0.717) is 21.8 Å². The van der Waals surface area contributed by atoms with Gasteiger partial charge in [-0.1, -0.05) is 37.1 Å². The number of hydrogen-bond donors (Lipinski definition) is 1. The van der Waals surface area contributed by atoms with E-state index in [-0.39, 0.29) is 5.91 Å². The van der Waals surface area contributed by atoms with Gasteiger partial charge in [-0.25, -0.2) is 0 Å². The number of rotatable bonds is 6. The molecule has 0 radical (unpaired) electrons. The van der Waals surface area contributed by atoms with Crippen LogP contribution < -0.4 is 5.32 Å². The van der Waals surface area contributed by atoms with Crippen molar-refractivity contribution < 1.29 is 4.79 Å². The first-order chi connectivity index (χ1) is 14.5. The monoisotopic (exact) mass is 530 g/mol. The van der Waals surface area contributed by atoms with Crippen LogP contribution in [0.5, 0.6) is 0 Å². The second kappa shape index (κ2) is 9.14. The van der Waals surface area contributed by atoms with Crippen molar-refractivity contribution in [2.75, 3.05) is 5.32 Å². The standard InChI is InChI=1S/C23H20ClIN4O/c1-2-3-4-15-5-9-18(10-6-15)29-27-21-12-8-17(14-22(21)28-29)26-23(30)19-13-16(25)7-11-20(19)24/h5-14H,2-4H2,1H3,(H,26,30). The van der Waals surface area contributed by atoms with Crippen LogP contribution in [0.25, 0.3) is 16.7 Å². The maximum absolute atomic E-state index is 12.6. The third kappa shape index (κ3) is 4.65. The largest absolute Gasteiger partial charge is 0.322 e. The Morgan fingerprint density at radius 2 is 1.80 bits per heavy atom. The summed E-state index contributed by atoms with van der Waals surface area (Å²) >= 11 is 8.33. The number of amides is 1. The molecule has 4 aromatic rings. The summed E-state index contributed by atoms with van der Waals surface area (Å²) in [7, 11) is 0. The smallest absolute Gasteiger partial charge is 0.257 e. The zero-order valence-electron chi connectivity index (χ0n) is 16.4. The number of halogens is 2. The molecule has 0 fully saturated rings. The molecule has 1 amide bonds. The summed E-state index contributed by atoms with van der Waals surface area (Å²) in [4.78, 5) is 14.2. The Kier molecular flexibility index (Phi) is 6.34. The molecule has 0 saturated heterocycles. The summed E-state index contributed by atoms with van der Waals surface area (Å²) in [6.45, 7) is 2.19. The maximum Gasteiger partial charge on any atom is 0.257 e. The minimum absolute atomic E-state index is 0.257. The second-order valence-corrected chi connectivity index (χ2v) is 8.69. The van der Waals surface area contributed by atoms with E-state index >= 15 is 0 Å². The molecular formula is C23H20ClIN4O. The minimum Gasteiger partial charge on any atom is -0.322 e. The van der Waals surface area contributed by atoms with Crippen molar-refractivity contribution in [2.45, 2.75) is 26.2 Å². The molecule has 1 N–H and O–H groups in total. The van der Waals surface area contributed by atoms with Crippen molar-refractivity contribution in [2.24, 2.45) is 0 Å². The van der Waals surface area contributed by atoms with E-state index in [9.17, 15) is 4.79 Å². The summed E-state index contributed by atoms with van der Waals surface area (Å²) in [6.07, 6.45) is 3.45. The Morgan fingerprint density at radius 1 is 1.03 bits per heavy atom. The molecule has 0 spiro atoms. The molecule has 0 unspecified atom stereocenters. The summed E-state index contributed by atoms with van der Waals surface area (Å²) in [5, 5.41) is 12.4. The highest BCUT2D eigenvalue weighted by molar-refractivity contribution is 14.1. The molecule has 30 heavy (non-hydrogen) atoms. The van der Waals surface area contributed by atoms with E-state index in [4.69, 9.17) is 11.6 Å². The average molecular weight is 531 g/mol. The summed E-state index contributed by atoms with van der Waals surface area (Å²) in [5.74, 6) is -0.257. The molecule has 3 aromatic carbocycles. The molecule has 0 aliphatic rings. The maximum atomic E-state index is 12.6. The fourth-order valence-corrected chi connectivity index (χ4v) is 3.85. The number of unbranched alkanes of at least 4 members (excludes halogenated alkanes) is 1. The minimum atomic E-state index is -0.257. The summed E-state index contributed by atoms with van der Waals surface area (Å²) < 4.78 is 0.946. The predicted molar refractivity (Wildman–Crippen MR) is 130 cm³/mol. The highest BCUT2D eigenvalue weighted by Crippen LogP contribution is 2.22. The number of nitrogens with one attached hydrogen (secondary N) is 1. The van der Waals surface area contributed by atoms with Crippen LogP contribution in [0.4, 0.5) is 5.69 Å². The van der Waals surface area contributed by atoms with Crippen LogP contribution in [0.2, 0.25) is 5.02 Å². The van der Waals surface area contributed by atoms with Gasteiger partial charge >= 0.3 is 0 Å². The van der Waals surface area contributed by atoms with Gasteiger partial charge in [-0.2, -0.15) is 4.80 Å². The van der Waals surface area contributed by atoms with Crippen molar-refractivity contribution in [3.05, 3.63) is 80.4 Å². The van der Waals surface area contributed by atoms with Gasteiger partial charge in [-0.15, -0.1) is 10.2 Å². The zero-order chi connectivity index (χ0) is 21.1. The van der Waals surface area contributed by atoms with Crippen LogP contribution in [0.3, 0.4) is 0 Å². The molecule has 4 rings (SSSR count). The first-order valence-corrected chi connectivity index (χ1v) is 11.2. The van der Waals surface area contributed by atoms with E-state index in [2.05, 4.69) is 57.2 Å². The predicted octanol–water partition coefficient (Wildman–Crippen LogP) is 6.27. The lowest BCUT2D eigenvalue weighted by Crippen LogP contribution is -2.12. The van der Waals surface area contributed by atoms with Gasteiger partial charge in [-0.3, -0.25) is 4.79 Å². The number of anilines is 1. The molecule has 1 aromatic heterocycles. The van der Waals surface area contributed by atoms with Crippen molar-refractivity contribution in [1.29, 1.82) is 0 Å². The van der Waals surface area contributed by atoms with Crippen LogP contribution in [0, 0.1) is 3.57 Å². The first-order valence-electron chi connectivity index (χ1n) is 9.76. The highest BCUT2D eigenvalue weighted by Gasteiger charge is 2.12. The second-order valence-electron chi connectivity index (χ2n) is 7.04. The molecule has 7 heteroatoms. The molecular weight excluding hydrogens is 511 g/mol. The summed E-state index contributed by atoms with van der Waals surface area (Å²) in [6, 6.07) is 19.1. The third-order valence-electron chi connectivity index (χ3n) is 4.80. The summed E-state index contributed by atoms with van der Waals surface area (Å²) in [5.41, 5.74) is 4.77. The zero-order valence-corrected chi connectivity index (χ0v) is 19.3. The number of carbonyl (C=O) groups is 1. The van der Waals surface area contributed by atoms with Crippen LogP contribution in [0.1, 0.15) is 35.7 Å². The van der Waals surface area contributed by atoms with E-state index in [1.807, 2.05) is 36.4 Å². The number of benzene rings is 3. The van der Waals surface area contributed by atoms with E-state index < -0.39 is 0 Å². The van der Waals surface area contributed by atoms with Crippen molar-refractivity contribution >= 4 is 56.8 Å². The van der Waals surface area contributed by atoms with Gasteiger partial charge in [0.25, 0.3) is 5.91 Å². The molecule has 1 heterocycles. The molecule has 0 atom stereocenters. The van der Waals surface area contributed by atoms with Gasteiger partial charge in [0.1, 0.15) is 11.0 Å². The SMILES string of the molecule is CCCCc1ccc(-n2nc3ccc(NC(=O)c4cc(I)ccc4Cl)cc3n2)cc1. The molecule has 0 aliphatic carbocycles. The lowest BCUT2D eigenvalue weighted by atomic mass is 10.1. The third-order valence-corrected chi connectivity index (χ3v) is 5.80. The molecule has 152 valence electrons. The number of nitrogens with zero attached hydrogens (tertiary/aromatic N) is 3. The number of carbonyl (C=O) groups excluding carboxylic acids is 1. The molecule has 0 aliphatic heterocycles. The normalized spacial score (nSPS) is 11.0. The van der Waals surface area contributed by atoms with E-state index in [0.717, 1.165) is 21.2 Å². The van der Waals surface area contributed by atoms with E-state index in [1.165, 1.54) is 18.4 Å². The van der Waals surface area contributed by atoms with Crippen LogP contribution in [-0.4, -0.2) is 20.9 Å². The van der Waals surface area contributed by atoms with Gasteiger partial charge in [-0.05, 0) is 89.5 Å². The fraction of sp³-hybridized carbons (Fsp3) is 0.174. The lowest BCUT2D eigenvalue weighted by Gasteiger charge is -2.07. The topological polar surface area (TPSA) is 59.8 Å². The van der Waals surface area contributed by atoms with Crippen molar-refractivity contribution in [3.63, 3.8) is 0 Å². The molecule has 5 nitrogen and oxygen atoms in total. The number of aryl methyl sites for hydroxylation is 1. The Bertz CT molecular complexity index is 1200. The van der Waals surface area contributed by atoms with Gasteiger partial charge in [0.15, 0.2) is 0 Å². The van der Waals surface area contributed by atoms with Gasteiger partial charge in [0.05, 0.1) is 16.3 Å². The Hall–Kier alpha value is -2.45. The Morgan fingerprint density at radius 3 is 2.57 bits per heavy atom. The highest BCUT2D eigenvalue weighted by atomic mass is 127. The van der Waals surface area contributed by atoms with Gasteiger partial charge in [0.2, 0.25) is 0 Å². The number of aromatic nitrogens is 3. The number of hydrogen-bond acceptors (Lipinski definition) is 3. The van der Waals surface area contributed by atoms with Gasteiger partial charge in [0, 0.05) is 9.26 Å². The van der Waals surface area contributed by atoms with Crippen LogP contribution >= 0.6 is 34.2 Å². The average Bonchev–Trinajstić information content (AvgIpc) is 3.17. The van der Waals surface area contributed by atoms with Crippen molar-refractivity contribution in [1.82, 2.24) is 15.0 Å². The van der Waals surface area contributed by atoms with Crippen LogP contribution in [-0.2, 0) is 6.42 Å². The number of fused-ring (bicyclic) bond motifs is 1. The Balaban J connectivity index is 1.55. The van der Waals surface area contributed by atoms with Gasteiger partial charge < -0.3 is 5.32 Å².